The van der Waals surface area contributed by atoms with Crippen LogP contribution in [0, 0.1) is 5.82 Å². The van der Waals surface area contributed by atoms with Crippen LogP contribution in [-0.2, 0) is 0 Å². The predicted molar refractivity (Wildman–Crippen MR) is 106 cm³/mol. The normalized spacial score (nSPS) is 10.6. The van der Waals surface area contributed by atoms with E-state index in [1.807, 2.05) is 30.3 Å². The number of para-hydroxylation sites is 1. The fraction of sp³-hybridized carbons (Fsp3) is 0. The first-order chi connectivity index (χ1) is 13.6. The van der Waals surface area contributed by atoms with Crippen molar-refractivity contribution < 1.29 is 9.18 Å². The summed E-state index contributed by atoms with van der Waals surface area (Å²) >= 11 is 5.74. The SMILES string of the molecule is O=C(Nc1ccc(F)c(Cl)c1)c1cc(Nc2cccc3cccnc23)ncn1. The molecule has 0 saturated heterocycles. The van der Waals surface area contributed by atoms with Crippen LogP contribution in [0.4, 0.5) is 21.6 Å². The summed E-state index contributed by atoms with van der Waals surface area (Å²) in [7, 11) is 0. The van der Waals surface area contributed by atoms with Gasteiger partial charge in [-0.25, -0.2) is 14.4 Å². The van der Waals surface area contributed by atoms with Crippen LogP contribution in [0.25, 0.3) is 10.9 Å². The topological polar surface area (TPSA) is 79.8 Å². The minimum absolute atomic E-state index is 0.0775. The number of rotatable bonds is 4. The fourth-order valence-electron chi connectivity index (χ4n) is 2.66. The number of carbonyl (C=O) groups is 1. The van der Waals surface area contributed by atoms with Crippen molar-refractivity contribution in [3.05, 3.63) is 83.7 Å². The van der Waals surface area contributed by atoms with E-state index in [-0.39, 0.29) is 10.7 Å². The highest BCUT2D eigenvalue weighted by Crippen LogP contribution is 2.24. The number of nitrogens with zero attached hydrogens (tertiary/aromatic N) is 3. The Bertz CT molecular complexity index is 1180. The van der Waals surface area contributed by atoms with Gasteiger partial charge in [-0.1, -0.05) is 29.8 Å². The summed E-state index contributed by atoms with van der Waals surface area (Å²) < 4.78 is 13.3. The highest BCUT2D eigenvalue weighted by Gasteiger charge is 2.11. The second-order valence-corrected chi connectivity index (χ2v) is 6.28. The molecule has 2 aromatic carbocycles. The van der Waals surface area contributed by atoms with Crippen molar-refractivity contribution in [2.24, 2.45) is 0 Å². The molecule has 0 spiro atoms. The number of halogens is 2. The smallest absolute Gasteiger partial charge is 0.274 e. The maximum absolute atomic E-state index is 13.3. The van der Waals surface area contributed by atoms with E-state index in [1.165, 1.54) is 30.6 Å². The molecule has 0 aliphatic rings. The molecule has 4 aromatic rings. The Morgan fingerprint density at radius 1 is 1.00 bits per heavy atom. The molecule has 0 bridgehead atoms. The fourth-order valence-corrected chi connectivity index (χ4v) is 2.84. The van der Waals surface area contributed by atoms with E-state index in [0.717, 1.165) is 16.6 Å². The second kappa shape index (κ2) is 7.58. The number of aromatic nitrogens is 3. The number of fused-ring (bicyclic) bond motifs is 1. The van der Waals surface area contributed by atoms with Gasteiger partial charge in [0.25, 0.3) is 5.91 Å². The summed E-state index contributed by atoms with van der Waals surface area (Å²) in [4.78, 5) is 25.0. The Kier molecular flexibility index (Phi) is 4.82. The maximum atomic E-state index is 13.3. The van der Waals surface area contributed by atoms with E-state index < -0.39 is 11.7 Å². The molecule has 4 rings (SSSR count). The third-order valence-corrected chi connectivity index (χ3v) is 4.26. The van der Waals surface area contributed by atoms with Crippen molar-refractivity contribution in [3.63, 3.8) is 0 Å². The van der Waals surface area contributed by atoms with Crippen molar-refractivity contribution in [2.75, 3.05) is 10.6 Å². The first-order valence-corrected chi connectivity index (χ1v) is 8.67. The third-order valence-electron chi connectivity index (χ3n) is 3.97. The van der Waals surface area contributed by atoms with Gasteiger partial charge in [0.2, 0.25) is 0 Å². The number of carbonyl (C=O) groups excluding carboxylic acids is 1. The van der Waals surface area contributed by atoms with Gasteiger partial charge in [0.15, 0.2) is 0 Å². The Balaban J connectivity index is 1.57. The quantitative estimate of drug-likeness (QED) is 0.520. The summed E-state index contributed by atoms with van der Waals surface area (Å²) in [5.41, 5.74) is 2.05. The number of benzene rings is 2. The van der Waals surface area contributed by atoms with Gasteiger partial charge in [-0.15, -0.1) is 0 Å². The average molecular weight is 394 g/mol. The van der Waals surface area contributed by atoms with Gasteiger partial charge in [-0.3, -0.25) is 9.78 Å². The lowest BCUT2D eigenvalue weighted by atomic mass is 10.2. The molecule has 138 valence electrons. The van der Waals surface area contributed by atoms with Crippen molar-refractivity contribution in [3.8, 4) is 0 Å². The Morgan fingerprint density at radius 3 is 2.71 bits per heavy atom. The predicted octanol–water partition coefficient (Wildman–Crippen LogP) is 4.81. The highest BCUT2D eigenvalue weighted by atomic mass is 35.5. The molecule has 2 aromatic heterocycles. The number of hydrogen-bond acceptors (Lipinski definition) is 5. The van der Waals surface area contributed by atoms with Crippen molar-refractivity contribution >= 4 is 45.6 Å². The number of nitrogens with one attached hydrogen (secondary N) is 2. The molecule has 0 saturated carbocycles. The van der Waals surface area contributed by atoms with E-state index in [1.54, 1.807) is 6.20 Å². The van der Waals surface area contributed by atoms with Crippen LogP contribution < -0.4 is 10.6 Å². The Hall–Kier alpha value is -3.58. The molecule has 1 amide bonds. The summed E-state index contributed by atoms with van der Waals surface area (Å²) in [6, 6.07) is 15.0. The number of pyridine rings is 1. The van der Waals surface area contributed by atoms with Gasteiger partial charge < -0.3 is 10.6 Å². The van der Waals surface area contributed by atoms with E-state index in [0.29, 0.717) is 11.5 Å². The van der Waals surface area contributed by atoms with E-state index in [9.17, 15) is 9.18 Å². The summed E-state index contributed by atoms with van der Waals surface area (Å²) in [5, 5.41) is 6.69. The molecule has 2 heterocycles. The van der Waals surface area contributed by atoms with Gasteiger partial charge in [-0.05, 0) is 30.3 Å². The molecular weight excluding hydrogens is 381 g/mol. The van der Waals surface area contributed by atoms with Crippen molar-refractivity contribution in [1.29, 1.82) is 0 Å². The minimum atomic E-state index is -0.558. The zero-order chi connectivity index (χ0) is 19.5. The zero-order valence-corrected chi connectivity index (χ0v) is 15.1. The van der Waals surface area contributed by atoms with Gasteiger partial charge in [-0.2, -0.15) is 0 Å². The lowest BCUT2D eigenvalue weighted by Gasteiger charge is -2.09. The van der Waals surface area contributed by atoms with E-state index in [2.05, 4.69) is 25.6 Å². The van der Waals surface area contributed by atoms with E-state index >= 15 is 0 Å². The number of hydrogen-bond donors (Lipinski definition) is 2. The zero-order valence-electron chi connectivity index (χ0n) is 14.4. The highest BCUT2D eigenvalue weighted by molar-refractivity contribution is 6.31. The number of amides is 1. The molecule has 6 nitrogen and oxygen atoms in total. The van der Waals surface area contributed by atoms with Gasteiger partial charge in [0.05, 0.1) is 16.2 Å². The Labute approximate surface area is 164 Å². The largest absolute Gasteiger partial charge is 0.338 e. The van der Waals surface area contributed by atoms with Crippen LogP contribution in [-0.4, -0.2) is 20.9 Å². The first-order valence-electron chi connectivity index (χ1n) is 8.29. The molecule has 0 atom stereocenters. The molecule has 0 fully saturated rings. The minimum Gasteiger partial charge on any atom is -0.338 e. The third kappa shape index (κ3) is 3.74. The molecule has 8 heteroatoms. The molecule has 0 radical (unpaired) electrons. The average Bonchev–Trinajstić information content (AvgIpc) is 2.71. The first kappa shape index (κ1) is 17.8. The van der Waals surface area contributed by atoms with Crippen LogP contribution in [0.15, 0.2) is 67.1 Å². The molecular formula is C20H13ClFN5O. The summed E-state index contributed by atoms with van der Waals surface area (Å²) in [6.07, 6.45) is 2.99. The standard InChI is InChI=1S/C20H13ClFN5O/c21-14-9-13(6-7-15(14)22)26-20(28)17-10-18(25-11-24-17)27-16-5-1-3-12-4-2-8-23-19(12)16/h1-11H,(H,26,28)(H,24,25,27). The van der Waals surface area contributed by atoms with Gasteiger partial charge in [0.1, 0.15) is 23.7 Å². The van der Waals surface area contributed by atoms with Crippen LogP contribution in [0.1, 0.15) is 10.5 Å². The number of anilines is 3. The monoisotopic (exact) mass is 393 g/mol. The summed E-state index contributed by atoms with van der Waals surface area (Å²) in [5.74, 6) is -0.587. The van der Waals surface area contributed by atoms with Crippen LogP contribution in [0.2, 0.25) is 5.02 Å². The maximum Gasteiger partial charge on any atom is 0.274 e. The lowest BCUT2D eigenvalue weighted by molar-refractivity contribution is 0.102. The van der Waals surface area contributed by atoms with Crippen molar-refractivity contribution in [1.82, 2.24) is 15.0 Å². The second-order valence-electron chi connectivity index (χ2n) is 5.88. The molecule has 0 unspecified atom stereocenters. The van der Waals surface area contributed by atoms with Crippen LogP contribution in [0.5, 0.6) is 0 Å². The molecule has 2 N–H and O–H groups in total. The molecule has 28 heavy (non-hydrogen) atoms. The molecule has 0 aliphatic carbocycles. The van der Waals surface area contributed by atoms with Crippen LogP contribution in [0.3, 0.4) is 0 Å². The van der Waals surface area contributed by atoms with Gasteiger partial charge in [0, 0.05) is 23.3 Å². The Morgan fingerprint density at radius 2 is 1.86 bits per heavy atom. The van der Waals surface area contributed by atoms with Crippen LogP contribution >= 0.6 is 11.6 Å². The summed E-state index contributed by atoms with van der Waals surface area (Å²) in [6.45, 7) is 0. The lowest BCUT2D eigenvalue weighted by Crippen LogP contribution is -2.14. The van der Waals surface area contributed by atoms with Gasteiger partial charge >= 0.3 is 0 Å². The van der Waals surface area contributed by atoms with E-state index in [4.69, 9.17) is 11.6 Å². The molecule has 0 aliphatic heterocycles. The van der Waals surface area contributed by atoms with Crippen molar-refractivity contribution in [2.45, 2.75) is 0 Å².